The standard InChI is InChI=1S/C15H16O3/c16-12-7-8-13(15(18)10-12)14(17)9-6-11-4-2-1-3-5-11/h1-5,7-8,10,14,16-18H,6,9H2. The maximum absolute atomic E-state index is 10.0. The normalized spacial score (nSPS) is 12.3. The molecule has 0 aromatic heterocycles. The predicted octanol–water partition coefficient (Wildman–Crippen LogP) is 2.76. The van der Waals surface area contributed by atoms with E-state index in [-0.39, 0.29) is 11.5 Å². The molecule has 0 bridgehead atoms. The zero-order valence-corrected chi connectivity index (χ0v) is 9.95. The lowest BCUT2D eigenvalue weighted by Gasteiger charge is -2.12. The first-order chi connectivity index (χ1) is 8.66. The van der Waals surface area contributed by atoms with Gasteiger partial charge >= 0.3 is 0 Å². The van der Waals surface area contributed by atoms with Crippen molar-refractivity contribution in [2.24, 2.45) is 0 Å². The van der Waals surface area contributed by atoms with Crippen molar-refractivity contribution in [3.05, 3.63) is 59.7 Å². The molecule has 0 spiro atoms. The second kappa shape index (κ2) is 5.56. The van der Waals surface area contributed by atoms with Gasteiger partial charge in [0, 0.05) is 11.6 Å². The van der Waals surface area contributed by atoms with Crippen LogP contribution >= 0.6 is 0 Å². The lowest BCUT2D eigenvalue weighted by Crippen LogP contribution is -2.00. The zero-order valence-electron chi connectivity index (χ0n) is 9.95. The first kappa shape index (κ1) is 12.5. The Morgan fingerprint density at radius 1 is 0.944 bits per heavy atom. The van der Waals surface area contributed by atoms with Crippen LogP contribution in [-0.4, -0.2) is 15.3 Å². The van der Waals surface area contributed by atoms with Crippen molar-refractivity contribution in [1.29, 1.82) is 0 Å². The summed E-state index contributed by atoms with van der Waals surface area (Å²) >= 11 is 0. The molecule has 0 heterocycles. The largest absolute Gasteiger partial charge is 0.508 e. The highest BCUT2D eigenvalue weighted by molar-refractivity contribution is 5.40. The van der Waals surface area contributed by atoms with Crippen LogP contribution in [0.25, 0.3) is 0 Å². The van der Waals surface area contributed by atoms with E-state index in [9.17, 15) is 15.3 Å². The first-order valence-corrected chi connectivity index (χ1v) is 5.90. The van der Waals surface area contributed by atoms with Crippen LogP contribution in [0.4, 0.5) is 0 Å². The number of hydrogen-bond acceptors (Lipinski definition) is 3. The molecule has 3 heteroatoms. The molecule has 2 rings (SSSR count). The number of hydrogen-bond donors (Lipinski definition) is 3. The number of phenolic OH excluding ortho intramolecular Hbond substituents is 2. The van der Waals surface area contributed by atoms with E-state index < -0.39 is 6.10 Å². The van der Waals surface area contributed by atoms with Crippen molar-refractivity contribution in [3.63, 3.8) is 0 Å². The highest BCUT2D eigenvalue weighted by atomic mass is 16.3. The topological polar surface area (TPSA) is 60.7 Å². The Balaban J connectivity index is 2.01. The minimum absolute atomic E-state index is 0.00786. The third-order valence-electron chi connectivity index (χ3n) is 2.92. The minimum Gasteiger partial charge on any atom is -0.508 e. The van der Waals surface area contributed by atoms with E-state index in [1.807, 2.05) is 30.3 Å². The van der Waals surface area contributed by atoms with E-state index in [0.717, 1.165) is 12.0 Å². The summed E-state index contributed by atoms with van der Waals surface area (Å²) in [7, 11) is 0. The highest BCUT2D eigenvalue weighted by Crippen LogP contribution is 2.30. The van der Waals surface area contributed by atoms with E-state index in [1.165, 1.54) is 12.1 Å². The van der Waals surface area contributed by atoms with Crippen molar-refractivity contribution < 1.29 is 15.3 Å². The second-order valence-electron chi connectivity index (χ2n) is 4.28. The average molecular weight is 244 g/mol. The second-order valence-corrected chi connectivity index (χ2v) is 4.28. The number of aromatic hydroxyl groups is 2. The van der Waals surface area contributed by atoms with Crippen molar-refractivity contribution >= 4 is 0 Å². The summed E-state index contributed by atoms with van der Waals surface area (Å²) in [6.07, 6.45) is 0.538. The number of aliphatic hydroxyl groups excluding tert-OH is 1. The number of benzene rings is 2. The predicted molar refractivity (Wildman–Crippen MR) is 69.5 cm³/mol. The van der Waals surface area contributed by atoms with Gasteiger partial charge in [0.25, 0.3) is 0 Å². The molecule has 0 fully saturated rings. The Morgan fingerprint density at radius 3 is 2.33 bits per heavy atom. The fourth-order valence-corrected chi connectivity index (χ4v) is 1.92. The van der Waals surface area contributed by atoms with Crippen molar-refractivity contribution in [2.45, 2.75) is 18.9 Å². The van der Waals surface area contributed by atoms with Crippen LogP contribution in [0.3, 0.4) is 0 Å². The molecule has 0 aliphatic heterocycles. The van der Waals surface area contributed by atoms with E-state index in [4.69, 9.17) is 0 Å². The Bertz CT molecular complexity index is 508. The summed E-state index contributed by atoms with van der Waals surface area (Å²) in [5, 5.41) is 28.8. The van der Waals surface area contributed by atoms with Crippen LogP contribution in [-0.2, 0) is 6.42 Å². The summed E-state index contributed by atoms with van der Waals surface area (Å²) in [5.41, 5.74) is 1.60. The van der Waals surface area contributed by atoms with Gasteiger partial charge in [0.1, 0.15) is 11.5 Å². The van der Waals surface area contributed by atoms with Crippen molar-refractivity contribution in [3.8, 4) is 11.5 Å². The number of aliphatic hydroxyl groups is 1. The molecule has 1 unspecified atom stereocenters. The van der Waals surface area contributed by atoms with Gasteiger partial charge in [-0.1, -0.05) is 30.3 Å². The van der Waals surface area contributed by atoms with Crippen molar-refractivity contribution in [1.82, 2.24) is 0 Å². The molecule has 0 amide bonds. The van der Waals surface area contributed by atoms with Crippen LogP contribution < -0.4 is 0 Å². The molecule has 2 aromatic carbocycles. The third kappa shape index (κ3) is 3.02. The minimum atomic E-state index is -0.731. The quantitative estimate of drug-likeness (QED) is 0.775. The van der Waals surface area contributed by atoms with E-state index >= 15 is 0 Å². The van der Waals surface area contributed by atoms with E-state index in [0.29, 0.717) is 12.0 Å². The molecule has 18 heavy (non-hydrogen) atoms. The fraction of sp³-hybridized carbons (Fsp3) is 0.200. The Kier molecular flexibility index (Phi) is 3.85. The van der Waals surface area contributed by atoms with Gasteiger partial charge in [-0.2, -0.15) is 0 Å². The molecule has 2 aromatic rings. The number of phenols is 2. The van der Waals surface area contributed by atoms with Crippen LogP contribution in [0.15, 0.2) is 48.5 Å². The Hall–Kier alpha value is -2.00. The maximum Gasteiger partial charge on any atom is 0.125 e. The van der Waals surface area contributed by atoms with Crippen LogP contribution in [0.5, 0.6) is 11.5 Å². The molecule has 3 N–H and O–H groups in total. The molecule has 0 aliphatic carbocycles. The summed E-state index contributed by atoms with van der Waals surface area (Å²) < 4.78 is 0. The molecule has 0 aliphatic rings. The summed E-state index contributed by atoms with van der Waals surface area (Å²) in [6, 6.07) is 14.1. The van der Waals surface area contributed by atoms with E-state index in [1.54, 1.807) is 6.07 Å². The Labute approximate surface area is 106 Å². The monoisotopic (exact) mass is 244 g/mol. The lowest BCUT2D eigenvalue weighted by molar-refractivity contribution is 0.164. The summed E-state index contributed by atoms with van der Waals surface area (Å²) in [6.45, 7) is 0. The fourth-order valence-electron chi connectivity index (χ4n) is 1.92. The third-order valence-corrected chi connectivity index (χ3v) is 2.92. The van der Waals surface area contributed by atoms with Gasteiger partial charge in [-0.3, -0.25) is 0 Å². The number of rotatable bonds is 4. The summed E-state index contributed by atoms with van der Waals surface area (Å²) in [5.74, 6) is -0.0814. The molecular formula is C15H16O3. The molecule has 0 radical (unpaired) electrons. The SMILES string of the molecule is Oc1ccc(C(O)CCc2ccccc2)c(O)c1. The van der Waals surface area contributed by atoms with Gasteiger partial charge in [-0.25, -0.2) is 0 Å². The highest BCUT2D eigenvalue weighted by Gasteiger charge is 2.12. The average Bonchev–Trinajstić information content (AvgIpc) is 2.37. The van der Waals surface area contributed by atoms with Gasteiger partial charge < -0.3 is 15.3 Å². The maximum atomic E-state index is 10.0. The molecule has 0 saturated heterocycles. The van der Waals surface area contributed by atoms with Crippen LogP contribution in [0.2, 0.25) is 0 Å². The molecule has 3 nitrogen and oxygen atoms in total. The van der Waals surface area contributed by atoms with Gasteiger partial charge in [0.2, 0.25) is 0 Å². The first-order valence-electron chi connectivity index (χ1n) is 5.90. The Morgan fingerprint density at radius 2 is 1.67 bits per heavy atom. The molecule has 0 saturated carbocycles. The molecule has 1 atom stereocenters. The van der Waals surface area contributed by atoms with Crippen molar-refractivity contribution in [2.75, 3.05) is 0 Å². The molecular weight excluding hydrogens is 228 g/mol. The van der Waals surface area contributed by atoms with Gasteiger partial charge in [0.15, 0.2) is 0 Å². The zero-order chi connectivity index (χ0) is 13.0. The summed E-state index contributed by atoms with van der Waals surface area (Å²) in [4.78, 5) is 0. The van der Waals surface area contributed by atoms with Gasteiger partial charge in [-0.15, -0.1) is 0 Å². The van der Waals surface area contributed by atoms with E-state index in [2.05, 4.69) is 0 Å². The smallest absolute Gasteiger partial charge is 0.125 e. The number of aryl methyl sites for hydroxylation is 1. The lowest BCUT2D eigenvalue weighted by atomic mass is 10.0. The van der Waals surface area contributed by atoms with Crippen LogP contribution in [0.1, 0.15) is 23.7 Å². The van der Waals surface area contributed by atoms with Crippen LogP contribution in [0, 0.1) is 0 Å². The van der Waals surface area contributed by atoms with Gasteiger partial charge in [-0.05, 0) is 30.5 Å². The molecule has 94 valence electrons. The van der Waals surface area contributed by atoms with Gasteiger partial charge in [0.05, 0.1) is 6.10 Å².